The number of rotatable bonds is 4. The number of carbonyl (C=O) groups is 4. The van der Waals surface area contributed by atoms with Gasteiger partial charge >= 0.3 is 0 Å². The Balaban J connectivity index is 1.68. The fraction of sp³-hybridized carbons (Fsp3) is 0.517. The maximum Gasteiger partial charge on any atom is 0.255 e. The second-order valence-electron chi connectivity index (χ2n) is 12.4. The molecule has 1 heterocycles. The van der Waals surface area contributed by atoms with E-state index in [0.717, 1.165) is 0 Å². The quantitative estimate of drug-likeness (QED) is 0.219. The van der Waals surface area contributed by atoms with E-state index in [4.69, 9.17) is 5.73 Å². The predicted octanol–water partition coefficient (Wildman–Crippen LogP) is 1.06. The molecule has 12 nitrogen and oxygen atoms in total. The molecule has 5 atom stereocenters. The number of phenolic OH excluding ortho intramolecular Hbond substituents is 1. The largest absolute Gasteiger partial charge is 0.510 e. The Morgan fingerprint density at radius 1 is 1.19 bits per heavy atom. The van der Waals surface area contributed by atoms with E-state index in [9.17, 15) is 39.6 Å². The fourth-order valence-electron chi connectivity index (χ4n) is 7.18. The standard InChI is InChI=1S/C29H35FN4O8/c1-10(2)6-15-28(41)32-20-13(9-34(15)5)19(30)12-7-11-8-14-21(33(3)4)24(37)18(27(31)40)26(39)29(14,42)25(38)16(11)22(35)17(12)23(20)36/h10-11,14-15,21,36-38,42H,6-9H2,1-5H3,(H2,31,40)(H,32,41)/t11-,14-,15?,21-,29-/m0/s1. The molecule has 0 fully saturated rings. The van der Waals surface area contributed by atoms with Gasteiger partial charge in [-0.25, -0.2) is 4.39 Å². The third-order valence-electron chi connectivity index (χ3n) is 9.11. The van der Waals surface area contributed by atoms with Gasteiger partial charge in [0.15, 0.2) is 17.1 Å². The van der Waals surface area contributed by atoms with Crippen molar-refractivity contribution in [2.45, 2.75) is 57.3 Å². The van der Waals surface area contributed by atoms with Crippen molar-refractivity contribution in [3.63, 3.8) is 0 Å². The fourth-order valence-corrected chi connectivity index (χ4v) is 7.18. The first-order chi connectivity index (χ1) is 19.5. The van der Waals surface area contributed by atoms with Crippen LogP contribution in [0.25, 0.3) is 0 Å². The Hall–Kier alpha value is -3.81. The molecule has 13 heteroatoms. The summed E-state index contributed by atoms with van der Waals surface area (Å²) >= 11 is 0. The lowest BCUT2D eigenvalue weighted by atomic mass is 9.58. The summed E-state index contributed by atoms with van der Waals surface area (Å²) in [6, 6.07) is -1.77. The van der Waals surface area contributed by atoms with Crippen LogP contribution in [0, 0.1) is 23.6 Å². The smallest absolute Gasteiger partial charge is 0.255 e. The molecule has 1 unspecified atom stereocenters. The molecule has 4 aliphatic rings. The van der Waals surface area contributed by atoms with E-state index in [2.05, 4.69) is 5.32 Å². The number of aromatic hydroxyl groups is 1. The zero-order valence-corrected chi connectivity index (χ0v) is 24.0. The van der Waals surface area contributed by atoms with E-state index in [1.165, 1.54) is 19.0 Å². The highest BCUT2D eigenvalue weighted by Crippen LogP contribution is 2.53. The number of aliphatic hydroxyl groups excluding tert-OH is 2. The van der Waals surface area contributed by atoms with Crippen LogP contribution in [-0.4, -0.2) is 92.4 Å². The molecule has 0 saturated heterocycles. The summed E-state index contributed by atoms with van der Waals surface area (Å²) in [7, 11) is 4.72. The summed E-state index contributed by atoms with van der Waals surface area (Å²) in [5.74, 6) is -9.37. The van der Waals surface area contributed by atoms with Crippen LogP contribution in [0.1, 0.15) is 48.2 Å². The lowest BCUT2D eigenvalue weighted by Gasteiger charge is -2.50. The summed E-state index contributed by atoms with van der Waals surface area (Å²) in [5, 5.41) is 47.9. The monoisotopic (exact) mass is 586 g/mol. The molecule has 1 aliphatic heterocycles. The molecule has 1 aromatic rings. The van der Waals surface area contributed by atoms with Gasteiger partial charge in [-0.2, -0.15) is 0 Å². The van der Waals surface area contributed by atoms with Crippen LogP contribution in [0.3, 0.4) is 0 Å². The number of aliphatic hydroxyl groups is 3. The molecule has 1 aromatic carbocycles. The van der Waals surface area contributed by atoms with Gasteiger partial charge < -0.3 is 31.5 Å². The van der Waals surface area contributed by atoms with Crippen LogP contribution in [-0.2, 0) is 27.3 Å². The second kappa shape index (κ2) is 9.89. The minimum atomic E-state index is -2.80. The van der Waals surface area contributed by atoms with Gasteiger partial charge in [0.1, 0.15) is 22.9 Å². The van der Waals surface area contributed by atoms with Gasteiger partial charge in [-0.05, 0) is 52.2 Å². The van der Waals surface area contributed by atoms with Crippen molar-refractivity contribution in [3.05, 3.63) is 45.2 Å². The van der Waals surface area contributed by atoms with Gasteiger partial charge in [0, 0.05) is 29.2 Å². The number of carbonyl (C=O) groups excluding carboxylic acids is 4. The van der Waals surface area contributed by atoms with Crippen molar-refractivity contribution in [3.8, 4) is 5.75 Å². The number of phenols is 1. The van der Waals surface area contributed by atoms with Crippen LogP contribution >= 0.6 is 0 Å². The number of ketones is 2. The molecule has 0 radical (unpaired) electrons. The van der Waals surface area contributed by atoms with Gasteiger partial charge in [-0.1, -0.05) is 13.8 Å². The average Bonchev–Trinajstić information content (AvgIpc) is 3.00. The third-order valence-corrected chi connectivity index (χ3v) is 9.11. The molecule has 0 spiro atoms. The Morgan fingerprint density at radius 3 is 2.40 bits per heavy atom. The number of halogens is 1. The predicted molar refractivity (Wildman–Crippen MR) is 147 cm³/mol. The number of hydrogen-bond acceptors (Lipinski definition) is 10. The number of nitrogens with two attached hydrogens (primary N) is 1. The summed E-state index contributed by atoms with van der Waals surface area (Å²) in [6.07, 6.45) is 0.125. The Bertz CT molecular complexity index is 1520. The molecular formula is C29H35FN4O8. The van der Waals surface area contributed by atoms with Crippen molar-refractivity contribution >= 4 is 29.1 Å². The number of anilines is 1. The van der Waals surface area contributed by atoms with E-state index in [0.29, 0.717) is 6.42 Å². The Morgan fingerprint density at radius 2 is 1.83 bits per heavy atom. The van der Waals surface area contributed by atoms with E-state index < -0.39 is 92.7 Å². The minimum Gasteiger partial charge on any atom is -0.510 e. The lowest BCUT2D eigenvalue weighted by molar-refractivity contribution is -0.148. The van der Waals surface area contributed by atoms with E-state index in [1.54, 1.807) is 11.9 Å². The zero-order chi connectivity index (χ0) is 31.2. The summed E-state index contributed by atoms with van der Waals surface area (Å²) in [5.41, 5.74) is 0.385. The van der Waals surface area contributed by atoms with Gasteiger partial charge in [0.2, 0.25) is 11.7 Å². The lowest BCUT2D eigenvalue weighted by Crippen LogP contribution is -2.63. The highest BCUT2D eigenvalue weighted by molar-refractivity contribution is 6.25. The van der Waals surface area contributed by atoms with Gasteiger partial charge in [-0.15, -0.1) is 0 Å². The molecule has 2 amide bonds. The number of likely N-dealkylation sites (N-methyl/N-ethyl adjacent to an activating group) is 2. The van der Waals surface area contributed by atoms with Gasteiger partial charge in [0.05, 0.1) is 23.3 Å². The average molecular weight is 587 g/mol. The third kappa shape index (κ3) is 3.97. The van der Waals surface area contributed by atoms with E-state index >= 15 is 4.39 Å². The van der Waals surface area contributed by atoms with Gasteiger partial charge in [0.25, 0.3) is 5.91 Å². The van der Waals surface area contributed by atoms with E-state index in [1.807, 2.05) is 13.8 Å². The van der Waals surface area contributed by atoms with Crippen LogP contribution in [0.15, 0.2) is 22.7 Å². The molecule has 226 valence electrons. The molecule has 7 N–H and O–H groups in total. The zero-order valence-electron chi connectivity index (χ0n) is 24.0. The first-order valence-electron chi connectivity index (χ1n) is 13.8. The van der Waals surface area contributed by atoms with Crippen molar-refractivity contribution in [2.75, 3.05) is 26.5 Å². The molecule has 0 saturated carbocycles. The number of nitrogens with zero attached hydrogens (tertiary/aromatic N) is 2. The number of nitrogens with one attached hydrogen (secondary N) is 1. The number of benzene rings is 1. The number of Topliss-reactive ketones (excluding diaryl/α,β-unsaturated/α-hetero) is 2. The van der Waals surface area contributed by atoms with Crippen LogP contribution in [0.5, 0.6) is 5.75 Å². The molecular weight excluding hydrogens is 551 g/mol. The van der Waals surface area contributed by atoms with Crippen LogP contribution in [0.2, 0.25) is 0 Å². The molecule has 3 aliphatic carbocycles. The topological polar surface area (TPSA) is 194 Å². The maximum atomic E-state index is 16.3. The first kappa shape index (κ1) is 29.7. The Labute approximate surface area is 241 Å². The van der Waals surface area contributed by atoms with Crippen LogP contribution in [0.4, 0.5) is 10.1 Å². The number of hydrogen-bond donors (Lipinski definition) is 6. The number of fused-ring (bicyclic) bond motifs is 4. The highest BCUT2D eigenvalue weighted by Gasteiger charge is 2.63. The normalized spacial score (nSPS) is 29.7. The Kier molecular flexibility index (Phi) is 6.99. The van der Waals surface area contributed by atoms with Crippen molar-refractivity contribution in [1.29, 1.82) is 0 Å². The van der Waals surface area contributed by atoms with Gasteiger partial charge in [-0.3, -0.25) is 29.0 Å². The molecule has 42 heavy (non-hydrogen) atoms. The minimum absolute atomic E-state index is 0.0100. The summed E-state index contributed by atoms with van der Waals surface area (Å²) < 4.78 is 16.3. The van der Waals surface area contributed by atoms with E-state index in [-0.39, 0.29) is 42.1 Å². The first-order valence-corrected chi connectivity index (χ1v) is 13.8. The maximum absolute atomic E-state index is 16.3. The highest BCUT2D eigenvalue weighted by atomic mass is 19.1. The number of primary amides is 1. The molecule has 5 rings (SSSR count). The SMILES string of the molecule is CC(C)CC1C(=O)Nc2c(O)c3c(c(F)c2CN1C)C[C@H]1C[C@H]2[C@H](N(C)C)C(O)=C(C(N)=O)C(=O)[C@@]2(O)C(O)=C1C3=O. The van der Waals surface area contributed by atoms with Crippen molar-refractivity contribution in [2.24, 2.45) is 23.5 Å². The van der Waals surface area contributed by atoms with Crippen molar-refractivity contribution in [1.82, 2.24) is 9.80 Å². The number of allylic oxidation sites excluding steroid dienone is 1. The number of amides is 2. The van der Waals surface area contributed by atoms with Crippen molar-refractivity contribution < 1.29 is 44.0 Å². The molecule has 0 aromatic heterocycles. The molecule has 0 bridgehead atoms. The van der Waals surface area contributed by atoms with Crippen LogP contribution < -0.4 is 11.1 Å². The second-order valence-corrected chi connectivity index (χ2v) is 12.4. The summed E-state index contributed by atoms with van der Waals surface area (Å²) in [4.78, 5) is 55.7. The summed E-state index contributed by atoms with van der Waals surface area (Å²) in [6.45, 7) is 3.85.